The van der Waals surface area contributed by atoms with E-state index in [9.17, 15) is 4.39 Å². The summed E-state index contributed by atoms with van der Waals surface area (Å²) < 4.78 is 14.6. The van der Waals surface area contributed by atoms with Gasteiger partial charge in [-0.1, -0.05) is 0 Å². The van der Waals surface area contributed by atoms with Crippen LogP contribution in [0.2, 0.25) is 0 Å². The quantitative estimate of drug-likeness (QED) is 0.598. The van der Waals surface area contributed by atoms with Gasteiger partial charge in [0.2, 0.25) is 5.95 Å². The van der Waals surface area contributed by atoms with Crippen LogP contribution in [-0.2, 0) is 6.54 Å². The number of aromatic nitrogens is 3. The van der Waals surface area contributed by atoms with Crippen LogP contribution in [0.25, 0.3) is 11.3 Å². The van der Waals surface area contributed by atoms with Gasteiger partial charge in [0.1, 0.15) is 0 Å². The van der Waals surface area contributed by atoms with Crippen LogP contribution in [0.4, 0.5) is 4.39 Å². The summed E-state index contributed by atoms with van der Waals surface area (Å²) in [6.07, 6.45) is 6.36. The third kappa shape index (κ3) is 2.88. The average Bonchev–Trinajstić information content (AvgIpc) is 2.79. The van der Waals surface area contributed by atoms with Crippen molar-refractivity contribution in [2.24, 2.45) is 0 Å². The first-order valence-corrected chi connectivity index (χ1v) is 5.30. The first-order valence-electron chi connectivity index (χ1n) is 5.30. The lowest BCUT2D eigenvalue weighted by atomic mass is 10.2. The number of pyridine rings is 1. The summed E-state index contributed by atoms with van der Waals surface area (Å²) >= 11 is 0. The van der Waals surface area contributed by atoms with E-state index in [0.29, 0.717) is 6.42 Å². The van der Waals surface area contributed by atoms with E-state index in [1.165, 1.54) is 12.3 Å². The lowest BCUT2D eigenvalue weighted by Gasteiger charge is -1.97. The number of hydrogen-bond acceptors (Lipinski definition) is 3. The van der Waals surface area contributed by atoms with Crippen molar-refractivity contribution in [3.63, 3.8) is 0 Å². The first-order chi connectivity index (χ1) is 8.29. The minimum Gasteiger partial charge on any atom is -0.337 e. The van der Waals surface area contributed by atoms with Crippen LogP contribution in [0.1, 0.15) is 12.8 Å². The molecule has 2 heterocycles. The van der Waals surface area contributed by atoms with E-state index >= 15 is 0 Å². The molecule has 0 fully saturated rings. The number of hydrogen-bond donors (Lipinski definition) is 0. The summed E-state index contributed by atoms with van der Waals surface area (Å²) in [5.41, 5.74) is 1.54. The van der Waals surface area contributed by atoms with Gasteiger partial charge in [0.15, 0.2) is 0 Å². The molecule has 0 atom stereocenters. The molecule has 2 aromatic heterocycles. The smallest absolute Gasteiger partial charge is 0.212 e. The SMILES string of the molecule is N#CCCCn1cnc(-c2ccc(F)nc2)c1. The lowest BCUT2D eigenvalue weighted by Crippen LogP contribution is -1.93. The van der Waals surface area contributed by atoms with Gasteiger partial charge in [-0.05, 0) is 18.6 Å². The highest BCUT2D eigenvalue weighted by Crippen LogP contribution is 2.15. The second-order valence-corrected chi connectivity index (χ2v) is 3.63. The molecule has 0 saturated carbocycles. The fraction of sp³-hybridized carbons (Fsp3) is 0.250. The molecule has 0 aromatic carbocycles. The van der Waals surface area contributed by atoms with Crippen molar-refractivity contribution in [3.05, 3.63) is 36.8 Å². The Balaban J connectivity index is 2.08. The highest BCUT2D eigenvalue weighted by Gasteiger charge is 2.02. The molecule has 0 bridgehead atoms. The van der Waals surface area contributed by atoms with E-state index in [-0.39, 0.29) is 0 Å². The van der Waals surface area contributed by atoms with E-state index in [1.807, 2.05) is 10.8 Å². The summed E-state index contributed by atoms with van der Waals surface area (Å²) in [5.74, 6) is -0.498. The minimum absolute atomic E-state index is 0.498. The van der Waals surface area contributed by atoms with Crippen LogP contribution < -0.4 is 0 Å². The lowest BCUT2D eigenvalue weighted by molar-refractivity contribution is 0.584. The number of nitriles is 1. The van der Waals surface area contributed by atoms with Crippen LogP contribution >= 0.6 is 0 Å². The number of nitrogens with zero attached hydrogens (tertiary/aromatic N) is 4. The van der Waals surface area contributed by atoms with Crippen LogP contribution in [0.3, 0.4) is 0 Å². The molecule has 4 nitrogen and oxygen atoms in total. The molecule has 0 radical (unpaired) electrons. The number of rotatable bonds is 4. The molecule has 2 rings (SSSR count). The Morgan fingerprint density at radius 1 is 1.35 bits per heavy atom. The maximum atomic E-state index is 12.6. The van der Waals surface area contributed by atoms with Crippen molar-refractivity contribution in [2.45, 2.75) is 19.4 Å². The van der Waals surface area contributed by atoms with Crippen molar-refractivity contribution in [1.82, 2.24) is 14.5 Å². The Morgan fingerprint density at radius 2 is 2.24 bits per heavy atom. The third-order valence-electron chi connectivity index (χ3n) is 2.36. The van der Waals surface area contributed by atoms with Crippen LogP contribution in [0.15, 0.2) is 30.9 Å². The monoisotopic (exact) mass is 230 g/mol. The van der Waals surface area contributed by atoms with Gasteiger partial charge >= 0.3 is 0 Å². The maximum absolute atomic E-state index is 12.6. The van der Waals surface area contributed by atoms with Gasteiger partial charge < -0.3 is 4.57 Å². The van der Waals surface area contributed by atoms with Gasteiger partial charge in [0, 0.05) is 30.9 Å². The van der Waals surface area contributed by atoms with Crippen molar-refractivity contribution < 1.29 is 4.39 Å². The van der Waals surface area contributed by atoms with E-state index in [0.717, 1.165) is 24.2 Å². The number of aryl methyl sites for hydroxylation is 1. The van der Waals surface area contributed by atoms with E-state index in [4.69, 9.17) is 5.26 Å². The van der Waals surface area contributed by atoms with Crippen molar-refractivity contribution in [2.75, 3.05) is 0 Å². The Kier molecular flexibility index (Phi) is 3.46. The van der Waals surface area contributed by atoms with Crippen LogP contribution in [0.5, 0.6) is 0 Å². The standard InChI is InChI=1S/C12H11FN4/c13-12-4-3-10(7-15-12)11-8-17(9-16-11)6-2-1-5-14/h3-4,7-9H,1-2,6H2. The zero-order chi connectivity index (χ0) is 12.1. The molecule has 86 valence electrons. The van der Waals surface area contributed by atoms with Gasteiger partial charge in [-0.2, -0.15) is 9.65 Å². The van der Waals surface area contributed by atoms with Gasteiger partial charge in [-0.25, -0.2) is 9.97 Å². The fourth-order valence-corrected chi connectivity index (χ4v) is 1.50. The topological polar surface area (TPSA) is 54.5 Å². The molecule has 0 N–H and O–H groups in total. The van der Waals surface area contributed by atoms with Crippen molar-refractivity contribution >= 4 is 0 Å². The predicted molar refractivity (Wildman–Crippen MR) is 60.3 cm³/mol. The van der Waals surface area contributed by atoms with Gasteiger partial charge in [0.25, 0.3) is 0 Å². The molecule has 0 spiro atoms. The highest BCUT2D eigenvalue weighted by molar-refractivity contribution is 5.56. The zero-order valence-electron chi connectivity index (χ0n) is 9.17. The van der Waals surface area contributed by atoms with Gasteiger partial charge in [0.05, 0.1) is 18.1 Å². The summed E-state index contributed by atoms with van der Waals surface area (Å²) in [6.45, 7) is 0.759. The van der Waals surface area contributed by atoms with Gasteiger partial charge in [-0.3, -0.25) is 0 Å². The van der Waals surface area contributed by atoms with E-state index < -0.39 is 5.95 Å². The molecule has 17 heavy (non-hydrogen) atoms. The van der Waals surface area contributed by atoms with Crippen molar-refractivity contribution in [1.29, 1.82) is 5.26 Å². The summed E-state index contributed by atoms with van der Waals surface area (Å²) in [6, 6.07) is 5.05. The second-order valence-electron chi connectivity index (χ2n) is 3.63. The Hall–Kier alpha value is -2.22. The third-order valence-corrected chi connectivity index (χ3v) is 2.36. The second kappa shape index (κ2) is 5.21. The molecule has 2 aromatic rings. The number of halogens is 1. The normalized spacial score (nSPS) is 10.1. The summed E-state index contributed by atoms with van der Waals surface area (Å²) in [4.78, 5) is 7.79. The van der Waals surface area contributed by atoms with E-state index in [2.05, 4.69) is 16.0 Å². The molecule has 0 saturated heterocycles. The molecule has 0 aliphatic rings. The fourth-order valence-electron chi connectivity index (χ4n) is 1.50. The Morgan fingerprint density at radius 3 is 2.94 bits per heavy atom. The number of imidazole rings is 1. The molecule has 0 unspecified atom stereocenters. The molecular formula is C12H11FN4. The highest BCUT2D eigenvalue weighted by atomic mass is 19.1. The molecule has 0 aliphatic carbocycles. The van der Waals surface area contributed by atoms with Crippen molar-refractivity contribution in [3.8, 4) is 17.3 Å². The summed E-state index contributed by atoms with van der Waals surface area (Å²) in [5, 5.41) is 8.43. The molecule has 0 aliphatic heterocycles. The zero-order valence-corrected chi connectivity index (χ0v) is 9.17. The summed E-state index contributed by atoms with van der Waals surface area (Å²) in [7, 11) is 0. The largest absolute Gasteiger partial charge is 0.337 e. The van der Waals surface area contributed by atoms with Crippen LogP contribution in [0, 0.1) is 17.3 Å². The maximum Gasteiger partial charge on any atom is 0.212 e. The molecule has 0 amide bonds. The number of unbranched alkanes of at least 4 members (excludes halogenated alkanes) is 1. The Bertz CT molecular complexity index is 524. The van der Waals surface area contributed by atoms with E-state index in [1.54, 1.807) is 12.4 Å². The average molecular weight is 230 g/mol. The van der Waals surface area contributed by atoms with Gasteiger partial charge in [-0.15, -0.1) is 0 Å². The molecular weight excluding hydrogens is 219 g/mol. The Labute approximate surface area is 98.4 Å². The van der Waals surface area contributed by atoms with Crippen LogP contribution in [-0.4, -0.2) is 14.5 Å². The minimum atomic E-state index is -0.498. The molecule has 5 heteroatoms. The predicted octanol–water partition coefficient (Wildman–Crippen LogP) is 2.39. The first kappa shape index (κ1) is 11.3.